The number of aliphatic imine (C=N–C) groups is 1. The van der Waals surface area contributed by atoms with Crippen LogP contribution in [0.5, 0.6) is 0 Å². The van der Waals surface area contributed by atoms with E-state index in [0.717, 1.165) is 12.2 Å². The highest BCUT2D eigenvalue weighted by Gasteiger charge is 2.28. The summed E-state index contributed by atoms with van der Waals surface area (Å²) in [6, 6.07) is 3.69. The Bertz CT molecular complexity index is 373. The number of rotatable bonds is 3. The van der Waals surface area contributed by atoms with E-state index >= 15 is 0 Å². The molecule has 1 atom stereocenters. The van der Waals surface area contributed by atoms with Crippen molar-refractivity contribution in [1.82, 2.24) is 5.32 Å². The fourth-order valence-corrected chi connectivity index (χ4v) is 2.20. The standard InChI is InChI=1S/C10H12N2O2S/c1-2-8-9(13)12-10(15-8)11-6-7-4-3-5-14-7/h3-5,8H,2,6H2,1H3,(H,11,12,13). The number of thioether (sulfide) groups is 1. The number of hydrogen-bond donors (Lipinski definition) is 1. The topological polar surface area (TPSA) is 54.6 Å². The van der Waals surface area contributed by atoms with E-state index in [1.807, 2.05) is 19.1 Å². The van der Waals surface area contributed by atoms with Crippen LogP contribution in [0.25, 0.3) is 0 Å². The smallest absolute Gasteiger partial charge is 0.239 e. The van der Waals surface area contributed by atoms with Crippen LogP contribution >= 0.6 is 11.8 Å². The van der Waals surface area contributed by atoms with Crippen molar-refractivity contribution in [3.63, 3.8) is 0 Å². The zero-order chi connectivity index (χ0) is 10.7. The Morgan fingerprint density at radius 3 is 3.13 bits per heavy atom. The quantitative estimate of drug-likeness (QED) is 0.851. The van der Waals surface area contributed by atoms with Gasteiger partial charge in [-0.25, -0.2) is 0 Å². The van der Waals surface area contributed by atoms with E-state index in [-0.39, 0.29) is 11.2 Å². The lowest BCUT2D eigenvalue weighted by molar-refractivity contribution is -0.118. The Morgan fingerprint density at radius 1 is 1.67 bits per heavy atom. The van der Waals surface area contributed by atoms with Gasteiger partial charge in [-0.1, -0.05) is 18.7 Å². The fraction of sp³-hybridized carbons (Fsp3) is 0.400. The van der Waals surface area contributed by atoms with Gasteiger partial charge in [0.2, 0.25) is 5.91 Å². The minimum absolute atomic E-state index is 0.0142. The van der Waals surface area contributed by atoms with Gasteiger partial charge in [-0.15, -0.1) is 0 Å². The number of furan rings is 1. The molecule has 80 valence electrons. The second kappa shape index (κ2) is 4.53. The van der Waals surface area contributed by atoms with Gasteiger partial charge in [-0.2, -0.15) is 0 Å². The number of amidine groups is 1. The van der Waals surface area contributed by atoms with Crippen LogP contribution in [0.4, 0.5) is 0 Å². The van der Waals surface area contributed by atoms with E-state index in [1.54, 1.807) is 6.26 Å². The summed E-state index contributed by atoms with van der Waals surface area (Å²) in [5.41, 5.74) is 0. The molecular weight excluding hydrogens is 212 g/mol. The van der Waals surface area contributed by atoms with E-state index in [4.69, 9.17) is 4.42 Å². The summed E-state index contributed by atoms with van der Waals surface area (Å²) in [6.45, 7) is 2.47. The summed E-state index contributed by atoms with van der Waals surface area (Å²) in [6.07, 6.45) is 2.45. The van der Waals surface area contributed by atoms with Crippen molar-refractivity contribution in [2.24, 2.45) is 4.99 Å². The van der Waals surface area contributed by atoms with Crippen LogP contribution in [0.2, 0.25) is 0 Å². The fourth-order valence-electron chi connectivity index (χ4n) is 1.30. The molecule has 1 saturated heterocycles. The molecule has 1 aromatic heterocycles. The van der Waals surface area contributed by atoms with Gasteiger partial charge in [0.05, 0.1) is 18.1 Å². The van der Waals surface area contributed by atoms with E-state index in [9.17, 15) is 4.79 Å². The number of hydrogen-bond acceptors (Lipinski definition) is 4. The lowest BCUT2D eigenvalue weighted by Gasteiger charge is -1.96. The molecule has 1 fully saturated rings. The first kappa shape index (κ1) is 10.3. The number of carbonyl (C=O) groups is 1. The molecule has 4 nitrogen and oxygen atoms in total. The number of amides is 1. The van der Waals surface area contributed by atoms with E-state index in [2.05, 4.69) is 10.3 Å². The Balaban J connectivity index is 1.95. The van der Waals surface area contributed by atoms with Crippen molar-refractivity contribution in [2.75, 3.05) is 0 Å². The molecule has 1 aromatic rings. The van der Waals surface area contributed by atoms with Crippen molar-refractivity contribution in [2.45, 2.75) is 25.1 Å². The third-order valence-corrected chi connectivity index (χ3v) is 3.39. The predicted molar refractivity (Wildman–Crippen MR) is 59.7 cm³/mol. The van der Waals surface area contributed by atoms with Crippen molar-refractivity contribution >= 4 is 22.8 Å². The first-order valence-electron chi connectivity index (χ1n) is 4.84. The molecule has 0 aromatic carbocycles. The summed E-state index contributed by atoms with van der Waals surface area (Å²) < 4.78 is 5.14. The van der Waals surface area contributed by atoms with Crippen molar-refractivity contribution in [1.29, 1.82) is 0 Å². The minimum atomic E-state index is 0.0142. The van der Waals surface area contributed by atoms with Gasteiger partial charge in [0.1, 0.15) is 5.76 Å². The molecule has 1 aliphatic rings. The molecular formula is C10H12N2O2S. The lowest BCUT2D eigenvalue weighted by atomic mass is 10.3. The monoisotopic (exact) mass is 224 g/mol. The van der Waals surface area contributed by atoms with Gasteiger partial charge < -0.3 is 9.73 Å². The molecule has 2 heterocycles. The van der Waals surface area contributed by atoms with Gasteiger partial charge in [0.15, 0.2) is 5.17 Å². The zero-order valence-electron chi connectivity index (χ0n) is 8.40. The van der Waals surface area contributed by atoms with Crippen LogP contribution in [0, 0.1) is 0 Å². The SMILES string of the molecule is CCC1SC(=NCc2ccco2)NC1=O. The number of nitrogens with one attached hydrogen (secondary N) is 1. The summed E-state index contributed by atoms with van der Waals surface area (Å²) in [5.74, 6) is 0.859. The molecule has 1 unspecified atom stereocenters. The van der Waals surface area contributed by atoms with Crippen LogP contribution < -0.4 is 5.32 Å². The summed E-state index contributed by atoms with van der Waals surface area (Å²) in [4.78, 5) is 15.6. The zero-order valence-corrected chi connectivity index (χ0v) is 9.21. The predicted octanol–water partition coefficient (Wildman–Crippen LogP) is 1.78. The molecule has 1 amide bonds. The summed E-state index contributed by atoms with van der Waals surface area (Å²) >= 11 is 1.49. The van der Waals surface area contributed by atoms with Crippen molar-refractivity contribution in [3.05, 3.63) is 24.2 Å². The van der Waals surface area contributed by atoms with Crippen LogP contribution in [-0.2, 0) is 11.3 Å². The highest BCUT2D eigenvalue weighted by Crippen LogP contribution is 2.22. The Hall–Kier alpha value is -1.23. The second-order valence-electron chi connectivity index (χ2n) is 3.20. The van der Waals surface area contributed by atoms with Gasteiger partial charge in [0, 0.05) is 0 Å². The highest BCUT2D eigenvalue weighted by molar-refractivity contribution is 8.15. The maximum Gasteiger partial charge on any atom is 0.239 e. The average molecular weight is 224 g/mol. The Labute approximate surface area is 92.1 Å². The van der Waals surface area contributed by atoms with Gasteiger partial charge in [0.25, 0.3) is 0 Å². The Kier molecular flexibility index (Phi) is 3.11. The van der Waals surface area contributed by atoms with E-state index in [0.29, 0.717) is 11.7 Å². The Morgan fingerprint density at radius 2 is 2.53 bits per heavy atom. The molecule has 0 saturated carbocycles. The molecule has 1 aliphatic heterocycles. The first-order chi connectivity index (χ1) is 7.29. The molecule has 0 aliphatic carbocycles. The lowest BCUT2D eigenvalue weighted by Crippen LogP contribution is -2.24. The largest absolute Gasteiger partial charge is 0.467 e. The average Bonchev–Trinajstić information content (AvgIpc) is 2.83. The van der Waals surface area contributed by atoms with Crippen LogP contribution in [-0.4, -0.2) is 16.3 Å². The van der Waals surface area contributed by atoms with Crippen LogP contribution in [0.15, 0.2) is 27.8 Å². The van der Waals surface area contributed by atoms with Gasteiger partial charge in [-0.3, -0.25) is 9.79 Å². The third kappa shape index (κ3) is 2.41. The maximum atomic E-state index is 11.3. The second-order valence-corrected chi connectivity index (χ2v) is 4.40. The number of nitrogens with zero attached hydrogens (tertiary/aromatic N) is 1. The maximum absolute atomic E-state index is 11.3. The van der Waals surface area contributed by atoms with Gasteiger partial charge in [-0.05, 0) is 18.6 Å². The van der Waals surface area contributed by atoms with Crippen molar-refractivity contribution in [3.8, 4) is 0 Å². The molecule has 2 rings (SSSR count). The number of carbonyl (C=O) groups excluding carboxylic acids is 1. The van der Waals surface area contributed by atoms with Gasteiger partial charge >= 0.3 is 0 Å². The van der Waals surface area contributed by atoms with E-state index in [1.165, 1.54) is 11.8 Å². The normalized spacial score (nSPS) is 23.4. The molecule has 0 bridgehead atoms. The van der Waals surface area contributed by atoms with E-state index < -0.39 is 0 Å². The molecule has 1 N–H and O–H groups in total. The minimum Gasteiger partial charge on any atom is -0.467 e. The third-order valence-electron chi connectivity index (χ3n) is 2.11. The summed E-state index contributed by atoms with van der Waals surface area (Å²) in [7, 11) is 0. The summed E-state index contributed by atoms with van der Waals surface area (Å²) in [5, 5.41) is 3.46. The molecule has 0 radical (unpaired) electrons. The van der Waals surface area contributed by atoms with Crippen LogP contribution in [0.1, 0.15) is 19.1 Å². The molecule has 5 heteroatoms. The highest BCUT2D eigenvalue weighted by atomic mass is 32.2. The van der Waals surface area contributed by atoms with Crippen LogP contribution in [0.3, 0.4) is 0 Å². The molecule has 15 heavy (non-hydrogen) atoms. The molecule has 0 spiro atoms. The van der Waals surface area contributed by atoms with Crippen molar-refractivity contribution < 1.29 is 9.21 Å². The first-order valence-corrected chi connectivity index (χ1v) is 5.72.